The molecule has 4 nitrogen and oxygen atoms in total. The van der Waals surface area contributed by atoms with Crippen LogP contribution in [-0.2, 0) is 16.0 Å². The Hall–Kier alpha value is -1.40. The van der Waals surface area contributed by atoms with Crippen LogP contribution >= 0.6 is 23.2 Å². The zero-order valence-electron chi connectivity index (χ0n) is 11.7. The third-order valence-corrected chi connectivity index (χ3v) is 3.60. The lowest BCUT2D eigenvalue weighted by Crippen LogP contribution is -2.44. The maximum atomic E-state index is 12.3. The van der Waals surface area contributed by atoms with E-state index in [9.17, 15) is 18.4 Å². The molecule has 8 heteroatoms. The third kappa shape index (κ3) is 5.77. The molecule has 0 fully saturated rings. The second kappa shape index (κ2) is 8.29. The van der Waals surface area contributed by atoms with Crippen molar-refractivity contribution in [1.82, 2.24) is 5.32 Å². The van der Waals surface area contributed by atoms with Gasteiger partial charge in [0.2, 0.25) is 12.3 Å². The number of amides is 1. The van der Waals surface area contributed by atoms with E-state index in [0.29, 0.717) is 15.6 Å². The molecule has 122 valence electrons. The van der Waals surface area contributed by atoms with E-state index in [1.54, 1.807) is 19.1 Å². The van der Waals surface area contributed by atoms with Crippen LogP contribution in [0, 0.1) is 5.92 Å². The lowest BCUT2D eigenvalue weighted by molar-refractivity contribution is -0.143. The molecule has 2 N–H and O–H groups in total. The Morgan fingerprint density at radius 3 is 2.45 bits per heavy atom. The van der Waals surface area contributed by atoms with Crippen LogP contribution in [-0.4, -0.2) is 29.5 Å². The maximum Gasteiger partial charge on any atom is 0.326 e. The Morgan fingerprint density at radius 2 is 1.95 bits per heavy atom. The smallest absolute Gasteiger partial charge is 0.326 e. The summed E-state index contributed by atoms with van der Waals surface area (Å²) >= 11 is 11.8. The average molecular weight is 354 g/mol. The Bertz CT molecular complexity index is 555. The number of alkyl halides is 2. The summed E-state index contributed by atoms with van der Waals surface area (Å²) in [4.78, 5) is 22.8. The number of nitrogens with one attached hydrogen (secondary N) is 1. The molecule has 0 aliphatic carbocycles. The normalized spacial score (nSPS) is 13.7. The first-order valence-corrected chi connectivity index (χ1v) is 7.21. The van der Waals surface area contributed by atoms with E-state index < -0.39 is 36.7 Å². The summed E-state index contributed by atoms with van der Waals surface area (Å²) in [5.74, 6) is -2.75. The Labute approximate surface area is 136 Å². The SMILES string of the molecule is CC(Cc1ccc(Cl)cc1Cl)C(=O)NC(CC(F)F)C(=O)O. The lowest BCUT2D eigenvalue weighted by atomic mass is 9.99. The van der Waals surface area contributed by atoms with Gasteiger partial charge in [0.05, 0.1) is 0 Å². The monoisotopic (exact) mass is 353 g/mol. The number of aliphatic carboxylic acids is 1. The second-order valence-corrected chi connectivity index (χ2v) is 5.71. The second-order valence-electron chi connectivity index (χ2n) is 4.87. The summed E-state index contributed by atoms with van der Waals surface area (Å²) in [6.45, 7) is 1.56. The molecule has 0 radical (unpaired) electrons. The van der Waals surface area contributed by atoms with E-state index in [2.05, 4.69) is 5.32 Å². The van der Waals surface area contributed by atoms with Gasteiger partial charge < -0.3 is 10.4 Å². The predicted molar refractivity (Wildman–Crippen MR) is 79.5 cm³/mol. The molecule has 0 aromatic heterocycles. The van der Waals surface area contributed by atoms with E-state index in [1.165, 1.54) is 6.07 Å². The molecule has 0 spiro atoms. The van der Waals surface area contributed by atoms with Crippen LogP contribution in [0.3, 0.4) is 0 Å². The van der Waals surface area contributed by atoms with E-state index >= 15 is 0 Å². The van der Waals surface area contributed by atoms with Gasteiger partial charge in [0.25, 0.3) is 0 Å². The van der Waals surface area contributed by atoms with Gasteiger partial charge >= 0.3 is 5.97 Å². The molecule has 0 aliphatic heterocycles. The number of carbonyl (C=O) groups excluding carboxylic acids is 1. The van der Waals surface area contributed by atoms with Gasteiger partial charge in [0.1, 0.15) is 6.04 Å². The van der Waals surface area contributed by atoms with Crippen LogP contribution in [0.2, 0.25) is 10.0 Å². The van der Waals surface area contributed by atoms with Crippen LogP contribution in [0.5, 0.6) is 0 Å². The topological polar surface area (TPSA) is 66.4 Å². The molecule has 1 amide bonds. The number of carbonyl (C=O) groups is 2. The molecule has 0 bridgehead atoms. The van der Waals surface area contributed by atoms with Gasteiger partial charge in [-0.2, -0.15) is 0 Å². The molecule has 0 heterocycles. The quantitative estimate of drug-likeness (QED) is 0.789. The standard InChI is InChI=1S/C14H15Cl2F2NO3/c1-7(4-8-2-3-9(15)5-10(8)16)13(20)19-11(14(21)22)6-12(17)18/h2-3,5,7,11-12H,4,6H2,1H3,(H,19,20)(H,21,22). The van der Waals surface area contributed by atoms with E-state index in [0.717, 1.165) is 0 Å². The first kappa shape index (κ1) is 18.6. The number of halogens is 4. The fourth-order valence-electron chi connectivity index (χ4n) is 1.82. The fourth-order valence-corrected chi connectivity index (χ4v) is 2.31. The lowest BCUT2D eigenvalue weighted by Gasteiger charge is -2.18. The van der Waals surface area contributed by atoms with E-state index in [-0.39, 0.29) is 6.42 Å². The first-order chi connectivity index (χ1) is 10.2. The molecule has 0 saturated carbocycles. The van der Waals surface area contributed by atoms with Crippen molar-refractivity contribution in [3.8, 4) is 0 Å². The van der Waals surface area contributed by atoms with Gasteiger partial charge in [0, 0.05) is 22.4 Å². The number of rotatable bonds is 7. The largest absolute Gasteiger partial charge is 0.480 e. The summed E-state index contributed by atoms with van der Waals surface area (Å²) < 4.78 is 24.6. The molecule has 0 aliphatic rings. The fraction of sp³-hybridized carbons (Fsp3) is 0.429. The van der Waals surface area contributed by atoms with Crippen LogP contribution in [0.4, 0.5) is 8.78 Å². The summed E-state index contributed by atoms with van der Waals surface area (Å²) in [6, 6.07) is 3.18. The molecular formula is C14H15Cl2F2NO3. The van der Waals surface area contributed by atoms with Crippen molar-refractivity contribution in [2.75, 3.05) is 0 Å². The van der Waals surface area contributed by atoms with Crippen molar-refractivity contribution < 1.29 is 23.5 Å². The molecule has 1 rings (SSSR count). The van der Waals surface area contributed by atoms with Crippen LogP contribution < -0.4 is 5.32 Å². The number of hydrogen-bond donors (Lipinski definition) is 2. The summed E-state index contributed by atoms with van der Waals surface area (Å²) in [5, 5.41) is 11.8. The molecule has 2 unspecified atom stereocenters. The Balaban J connectivity index is 2.69. The average Bonchev–Trinajstić information content (AvgIpc) is 2.40. The Morgan fingerprint density at radius 1 is 1.32 bits per heavy atom. The minimum atomic E-state index is -2.82. The molecule has 2 atom stereocenters. The molecular weight excluding hydrogens is 339 g/mol. The highest BCUT2D eigenvalue weighted by Gasteiger charge is 2.26. The predicted octanol–water partition coefficient (Wildman–Crippen LogP) is 3.40. The van der Waals surface area contributed by atoms with Gasteiger partial charge in [-0.25, -0.2) is 13.6 Å². The number of benzene rings is 1. The molecule has 0 saturated heterocycles. The van der Waals surface area contributed by atoms with Crippen LogP contribution in [0.25, 0.3) is 0 Å². The highest BCUT2D eigenvalue weighted by atomic mass is 35.5. The molecule has 1 aromatic carbocycles. The third-order valence-electron chi connectivity index (χ3n) is 3.02. The van der Waals surface area contributed by atoms with Crippen molar-refractivity contribution in [3.63, 3.8) is 0 Å². The van der Waals surface area contributed by atoms with Crippen molar-refractivity contribution in [2.45, 2.75) is 32.2 Å². The summed E-state index contributed by atoms with van der Waals surface area (Å²) in [5.41, 5.74) is 0.662. The van der Waals surface area contributed by atoms with Crippen molar-refractivity contribution in [2.24, 2.45) is 5.92 Å². The highest BCUT2D eigenvalue weighted by Crippen LogP contribution is 2.23. The van der Waals surface area contributed by atoms with E-state index in [1.807, 2.05) is 0 Å². The van der Waals surface area contributed by atoms with Gasteiger partial charge in [-0.05, 0) is 24.1 Å². The zero-order valence-corrected chi connectivity index (χ0v) is 13.2. The summed E-state index contributed by atoms with van der Waals surface area (Å²) in [6.07, 6.45) is -3.51. The van der Waals surface area contributed by atoms with Crippen molar-refractivity contribution in [3.05, 3.63) is 33.8 Å². The van der Waals surface area contributed by atoms with E-state index in [4.69, 9.17) is 28.3 Å². The number of carboxylic acid groups (broad SMARTS) is 1. The van der Waals surface area contributed by atoms with Crippen molar-refractivity contribution >= 4 is 35.1 Å². The number of carboxylic acids is 1. The van der Waals surface area contributed by atoms with Gasteiger partial charge in [0.15, 0.2) is 0 Å². The summed E-state index contributed by atoms with van der Waals surface area (Å²) in [7, 11) is 0. The Kier molecular flexibility index (Phi) is 7.03. The minimum absolute atomic E-state index is 0.239. The van der Waals surface area contributed by atoms with Gasteiger partial charge in [-0.1, -0.05) is 36.2 Å². The minimum Gasteiger partial charge on any atom is -0.480 e. The van der Waals surface area contributed by atoms with Gasteiger partial charge in [-0.15, -0.1) is 0 Å². The van der Waals surface area contributed by atoms with Crippen LogP contribution in [0.15, 0.2) is 18.2 Å². The first-order valence-electron chi connectivity index (χ1n) is 6.46. The van der Waals surface area contributed by atoms with Gasteiger partial charge in [-0.3, -0.25) is 4.79 Å². The van der Waals surface area contributed by atoms with Crippen molar-refractivity contribution in [1.29, 1.82) is 0 Å². The molecule has 22 heavy (non-hydrogen) atoms. The van der Waals surface area contributed by atoms with Crippen LogP contribution in [0.1, 0.15) is 18.9 Å². The number of hydrogen-bond acceptors (Lipinski definition) is 2. The maximum absolute atomic E-state index is 12.3. The zero-order chi connectivity index (χ0) is 16.9. The highest BCUT2D eigenvalue weighted by molar-refractivity contribution is 6.35. The molecule has 1 aromatic rings.